The third-order valence-electron chi connectivity index (χ3n) is 2.22. The summed E-state index contributed by atoms with van der Waals surface area (Å²) < 4.78 is 4.83. The molecule has 0 aliphatic rings. The minimum atomic E-state index is -1.04. The Balaban J connectivity index is 3.98. The molecule has 0 spiro atoms. The van der Waals surface area contributed by atoms with Gasteiger partial charge in [-0.25, -0.2) is 4.79 Å². The van der Waals surface area contributed by atoms with Gasteiger partial charge in [0.25, 0.3) is 0 Å². The normalized spacial score (nSPS) is 14.2. The standard InChI is InChI=1S/C10H20N2O4/c1-3-8(10(14)15)12-9(13)7(11)5-4-6-16-2/h7-8H,3-6,11H2,1-2H3,(H,12,13)(H,14,15). The van der Waals surface area contributed by atoms with Crippen LogP contribution in [0.15, 0.2) is 0 Å². The van der Waals surface area contributed by atoms with Crippen LogP contribution in [0.1, 0.15) is 26.2 Å². The van der Waals surface area contributed by atoms with Crippen molar-refractivity contribution in [2.75, 3.05) is 13.7 Å². The summed E-state index contributed by atoms with van der Waals surface area (Å²) in [5, 5.41) is 11.1. The first kappa shape index (κ1) is 14.9. The maximum absolute atomic E-state index is 11.5. The minimum Gasteiger partial charge on any atom is -0.480 e. The fourth-order valence-corrected chi connectivity index (χ4v) is 1.20. The van der Waals surface area contributed by atoms with Crippen molar-refractivity contribution in [3.8, 4) is 0 Å². The first-order chi connectivity index (χ1) is 7.52. The zero-order valence-electron chi connectivity index (χ0n) is 9.73. The lowest BCUT2D eigenvalue weighted by atomic mass is 10.1. The van der Waals surface area contributed by atoms with Crippen LogP contribution in [0.4, 0.5) is 0 Å². The van der Waals surface area contributed by atoms with Crippen molar-refractivity contribution in [2.24, 2.45) is 5.73 Å². The molecule has 6 nitrogen and oxygen atoms in total. The largest absolute Gasteiger partial charge is 0.480 e. The Morgan fingerprint density at radius 1 is 1.50 bits per heavy atom. The molecule has 0 fully saturated rings. The predicted molar refractivity (Wildman–Crippen MR) is 58.9 cm³/mol. The highest BCUT2D eigenvalue weighted by molar-refractivity contribution is 5.86. The molecule has 0 aliphatic heterocycles. The number of nitrogens with two attached hydrogens (primary N) is 1. The molecule has 0 saturated heterocycles. The van der Waals surface area contributed by atoms with Gasteiger partial charge in [-0.05, 0) is 19.3 Å². The van der Waals surface area contributed by atoms with E-state index in [1.54, 1.807) is 14.0 Å². The highest BCUT2D eigenvalue weighted by Gasteiger charge is 2.21. The summed E-state index contributed by atoms with van der Waals surface area (Å²) in [5.74, 6) is -1.47. The highest BCUT2D eigenvalue weighted by atomic mass is 16.5. The number of nitrogens with one attached hydrogen (secondary N) is 1. The molecule has 0 aromatic rings. The quantitative estimate of drug-likeness (QED) is 0.499. The Kier molecular flexibility index (Phi) is 7.49. The maximum atomic E-state index is 11.5. The first-order valence-electron chi connectivity index (χ1n) is 5.30. The summed E-state index contributed by atoms with van der Waals surface area (Å²) in [6.07, 6.45) is 1.50. The van der Waals surface area contributed by atoms with Crippen molar-refractivity contribution < 1.29 is 19.4 Å². The molecular formula is C10H20N2O4. The van der Waals surface area contributed by atoms with E-state index in [1.165, 1.54) is 0 Å². The van der Waals surface area contributed by atoms with Gasteiger partial charge in [0.2, 0.25) is 5.91 Å². The molecule has 0 rings (SSSR count). The van der Waals surface area contributed by atoms with E-state index in [-0.39, 0.29) is 0 Å². The van der Waals surface area contributed by atoms with Crippen LogP contribution in [-0.4, -0.2) is 42.8 Å². The predicted octanol–water partition coefficient (Wildman–Crippen LogP) is -0.280. The molecule has 16 heavy (non-hydrogen) atoms. The van der Waals surface area contributed by atoms with Crippen LogP contribution in [0.2, 0.25) is 0 Å². The van der Waals surface area contributed by atoms with Gasteiger partial charge in [-0.1, -0.05) is 6.92 Å². The summed E-state index contributed by atoms with van der Waals surface area (Å²) in [5.41, 5.74) is 5.60. The van der Waals surface area contributed by atoms with Gasteiger partial charge in [0.05, 0.1) is 6.04 Å². The number of carbonyl (C=O) groups is 2. The van der Waals surface area contributed by atoms with Crippen LogP contribution < -0.4 is 11.1 Å². The molecule has 0 heterocycles. The fourth-order valence-electron chi connectivity index (χ4n) is 1.20. The molecule has 0 saturated carbocycles. The third kappa shape index (κ3) is 5.67. The molecule has 6 heteroatoms. The number of ether oxygens (including phenoxy) is 1. The van der Waals surface area contributed by atoms with Gasteiger partial charge in [-0.2, -0.15) is 0 Å². The van der Waals surface area contributed by atoms with Crippen molar-refractivity contribution in [1.29, 1.82) is 0 Å². The zero-order valence-corrected chi connectivity index (χ0v) is 9.73. The van der Waals surface area contributed by atoms with Crippen LogP contribution in [-0.2, 0) is 14.3 Å². The van der Waals surface area contributed by atoms with E-state index in [9.17, 15) is 9.59 Å². The van der Waals surface area contributed by atoms with E-state index in [4.69, 9.17) is 15.6 Å². The Hall–Kier alpha value is -1.14. The van der Waals surface area contributed by atoms with Gasteiger partial charge in [0, 0.05) is 13.7 Å². The number of rotatable bonds is 8. The van der Waals surface area contributed by atoms with E-state index < -0.39 is 24.0 Å². The number of aliphatic carboxylic acids is 1. The molecule has 0 bridgehead atoms. The topological polar surface area (TPSA) is 102 Å². The molecule has 2 unspecified atom stereocenters. The van der Waals surface area contributed by atoms with E-state index >= 15 is 0 Å². The summed E-state index contributed by atoms with van der Waals surface area (Å²) in [7, 11) is 1.57. The Bertz CT molecular complexity index is 233. The minimum absolute atomic E-state index is 0.339. The molecule has 1 amide bonds. The molecule has 94 valence electrons. The van der Waals surface area contributed by atoms with E-state index in [1.807, 2.05) is 0 Å². The summed E-state index contributed by atoms with van der Waals surface area (Å²) in [6.45, 7) is 2.23. The van der Waals surface area contributed by atoms with Crippen LogP contribution >= 0.6 is 0 Å². The summed E-state index contributed by atoms with van der Waals surface area (Å²) >= 11 is 0. The first-order valence-corrected chi connectivity index (χ1v) is 5.30. The van der Waals surface area contributed by atoms with Gasteiger partial charge in [-0.15, -0.1) is 0 Å². The van der Waals surface area contributed by atoms with Gasteiger partial charge >= 0.3 is 5.97 Å². The van der Waals surface area contributed by atoms with E-state index in [0.29, 0.717) is 25.9 Å². The lowest BCUT2D eigenvalue weighted by molar-refractivity contribution is -0.142. The Morgan fingerprint density at radius 3 is 2.56 bits per heavy atom. The molecule has 0 aromatic carbocycles. The number of carbonyl (C=O) groups excluding carboxylic acids is 1. The lowest BCUT2D eigenvalue weighted by Gasteiger charge is -2.16. The second-order valence-corrected chi connectivity index (χ2v) is 3.55. The van der Waals surface area contributed by atoms with Gasteiger partial charge < -0.3 is 20.9 Å². The second-order valence-electron chi connectivity index (χ2n) is 3.55. The SMILES string of the molecule is CCC(NC(=O)C(N)CCCOC)C(=O)O. The monoisotopic (exact) mass is 232 g/mol. The number of methoxy groups -OCH3 is 1. The highest BCUT2D eigenvalue weighted by Crippen LogP contribution is 1.97. The summed E-state index contributed by atoms with van der Waals surface area (Å²) in [4.78, 5) is 22.1. The van der Waals surface area contributed by atoms with Gasteiger partial charge in [0.1, 0.15) is 6.04 Å². The average Bonchev–Trinajstić information content (AvgIpc) is 2.25. The smallest absolute Gasteiger partial charge is 0.326 e. The molecule has 4 N–H and O–H groups in total. The van der Waals surface area contributed by atoms with Gasteiger partial charge in [-0.3, -0.25) is 4.79 Å². The van der Waals surface area contributed by atoms with E-state index in [2.05, 4.69) is 5.32 Å². The number of carboxylic acids is 1. The van der Waals surface area contributed by atoms with Crippen molar-refractivity contribution in [3.63, 3.8) is 0 Å². The van der Waals surface area contributed by atoms with Crippen LogP contribution in [0.5, 0.6) is 0 Å². The number of hydrogen-bond acceptors (Lipinski definition) is 4. The van der Waals surface area contributed by atoms with Crippen molar-refractivity contribution >= 4 is 11.9 Å². The van der Waals surface area contributed by atoms with Crippen molar-refractivity contribution in [2.45, 2.75) is 38.3 Å². The molecule has 0 radical (unpaired) electrons. The molecule has 0 aromatic heterocycles. The second kappa shape index (κ2) is 8.06. The van der Waals surface area contributed by atoms with Gasteiger partial charge in [0.15, 0.2) is 0 Å². The number of hydrogen-bond donors (Lipinski definition) is 3. The maximum Gasteiger partial charge on any atom is 0.326 e. The molecule has 0 aliphatic carbocycles. The lowest BCUT2D eigenvalue weighted by Crippen LogP contribution is -2.48. The van der Waals surface area contributed by atoms with Crippen molar-refractivity contribution in [3.05, 3.63) is 0 Å². The molecular weight excluding hydrogens is 212 g/mol. The number of carboxylic acid groups (broad SMARTS) is 1. The number of amides is 1. The van der Waals surface area contributed by atoms with Crippen LogP contribution in [0.25, 0.3) is 0 Å². The van der Waals surface area contributed by atoms with Crippen LogP contribution in [0, 0.1) is 0 Å². The third-order valence-corrected chi connectivity index (χ3v) is 2.22. The summed E-state index contributed by atoms with van der Waals surface area (Å²) in [6, 6.07) is -1.54. The van der Waals surface area contributed by atoms with Crippen molar-refractivity contribution in [1.82, 2.24) is 5.32 Å². The van der Waals surface area contributed by atoms with Crippen LogP contribution in [0.3, 0.4) is 0 Å². The molecule has 2 atom stereocenters. The average molecular weight is 232 g/mol. The Morgan fingerprint density at radius 2 is 2.12 bits per heavy atom. The Labute approximate surface area is 95.1 Å². The zero-order chi connectivity index (χ0) is 12.6. The van der Waals surface area contributed by atoms with E-state index in [0.717, 1.165) is 0 Å². The fraction of sp³-hybridized carbons (Fsp3) is 0.800.